The van der Waals surface area contributed by atoms with E-state index in [9.17, 15) is 13.6 Å². The number of nitrogens with one attached hydrogen (secondary N) is 1. The van der Waals surface area contributed by atoms with Crippen molar-refractivity contribution < 1.29 is 18.3 Å². The van der Waals surface area contributed by atoms with Gasteiger partial charge in [0.2, 0.25) is 0 Å². The van der Waals surface area contributed by atoms with Crippen molar-refractivity contribution >= 4 is 53.1 Å². The number of anilines is 1. The molecule has 0 unspecified atom stereocenters. The van der Waals surface area contributed by atoms with Gasteiger partial charge in [-0.15, -0.1) is 0 Å². The first kappa shape index (κ1) is 19.9. The third-order valence-electron chi connectivity index (χ3n) is 6.08. The van der Waals surface area contributed by atoms with E-state index in [0.29, 0.717) is 35.9 Å². The van der Waals surface area contributed by atoms with Crippen molar-refractivity contribution in [2.75, 3.05) is 12.4 Å². The number of carbonyl (C=O) groups is 1. The molecule has 0 spiro atoms. The van der Waals surface area contributed by atoms with Crippen molar-refractivity contribution in [3.8, 4) is 11.4 Å². The number of methoxy groups -OCH3 is 1. The molecule has 3 aliphatic rings. The number of ether oxygens (including phenoxy) is 1. The molecule has 3 fully saturated rings. The lowest BCUT2D eigenvalue weighted by atomic mass is 9.65. The van der Waals surface area contributed by atoms with Crippen LogP contribution < -0.4 is 5.32 Å². The molecule has 30 heavy (non-hydrogen) atoms. The standard InChI is InChI=1S/C19H16F2IN5O2S/c1-29-17(28)18-2-3-19(8-18,9-18)26-15-13(21)6-23-14(25-15)12-7-27(30-22)16-11(12)4-10(20)5-24-16/h4-7H,2-3,8-9H2,1H3,(H,23,25,26). The Hall–Kier alpha value is -2.02. The molecule has 0 saturated heterocycles. The van der Waals surface area contributed by atoms with Gasteiger partial charge in [-0.2, -0.15) is 0 Å². The van der Waals surface area contributed by atoms with E-state index in [1.54, 1.807) is 10.2 Å². The number of carbonyl (C=O) groups excluding carboxylic acids is 1. The van der Waals surface area contributed by atoms with E-state index < -0.39 is 17.0 Å². The molecule has 11 heteroatoms. The number of rotatable bonds is 5. The summed E-state index contributed by atoms with van der Waals surface area (Å²) in [6, 6.07) is 1.37. The molecule has 0 aliphatic heterocycles. The summed E-state index contributed by atoms with van der Waals surface area (Å²) in [7, 11) is 2.77. The van der Waals surface area contributed by atoms with Crippen molar-refractivity contribution in [2.24, 2.45) is 5.41 Å². The fourth-order valence-electron chi connectivity index (χ4n) is 4.81. The lowest BCUT2D eigenvalue weighted by molar-refractivity contribution is -0.157. The van der Waals surface area contributed by atoms with E-state index in [4.69, 9.17) is 4.74 Å². The molecular formula is C19H16F2IN5O2S. The van der Waals surface area contributed by atoms with Gasteiger partial charge in [-0.25, -0.2) is 23.7 Å². The summed E-state index contributed by atoms with van der Waals surface area (Å²) in [6.45, 7) is 0. The molecule has 3 aromatic rings. The number of hydrogen-bond acceptors (Lipinski definition) is 7. The van der Waals surface area contributed by atoms with Gasteiger partial charge >= 0.3 is 5.97 Å². The second-order valence-electron chi connectivity index (χ2n) is 7.88. The second kappa shape index (κ2) is 7.01. The van der Waals surface area contributed by atoms with Crippen LogP contribution in [-0.2, 0) is 9.53 Å². The van der Waals surface area contributed by atoms with Crippen LogP contribution in [0.25, 0.3) is 22.4 Å². The molecule has 1 N–H and O–H groups in total. The van der Waals surface area contributed by atoms with Crippen LogP contribution in [0.1, 0.15) is 25.7 Å². The Balaban J connectivity index is 1.49. The van der Waals surface area contributed by atoms with Crippen molar-refractivity contribution in [3.63, 3.8) is 0 Å². The first-order valence-corrected chi connectivity index (χ1v) is 12.6. The Kier molecular flexibility index (Phi) is 4.65. The Bertz CT molecular complexity index is 1180. The molecule has 6 rings (SSSR count). The highest BCUT2D eigenvalue weighted by molar-refractivity contribution is 14.2. The summed E-state index contributed by atoms with van der Waals surface area (Å²) in [5, 5.41) is 3.75. The van der Waals surface area contributed by atoms with Crippen LogP contribution in [0.2, 0.25) is 0 Å². The van der Waals surface area contributed by atoms with Gasteiger partial charge in [-0.05, 0) is 31.7 Å². The van der Waals surface area contributed by atoms with Crippen LogP contribution in [0.4, 0.5) is 14.6 Å². The second-order valence-corrected chi connectivity index (χ2v) is 9.60. The molecule has 0 aromatic carbocycles. The van der Waals surface area contributed by atoms with E-state index in [1.807, 2.05) is 0 Å². The normalized spacial score (nSPS) is 24.7. The Morgan fingerprint density at radius 1 is 1.30 bits per heavy atom. The molecule has 3 heterocycles. The van der Waals surface area contributed by atoms with Gasteiger partial charge in [-0.3, -0.25) is 8.77 Å². The SMILES string of the molecule is COC(=O)C12CCC(Nc3nc(-c4cn(SI)c5ncc(F)cc45)ncc3F)(C1)C2. The summed E-state index contributed by atoms with van der Waals surface area (Å²) in [5.41, 5.74) is 0.290. The zero-order valence-electron chi connectivity index (χ0n) is 15.8. The van der Waals surface area contributed by atoms with Gasteiger partial charge in [0.05, 0.1) is 24.9 Å². The first-order valence-electron chi connectivity index (χ1n) is 9.24. The van der Waals surface area contributed by atoms with E-state index in [1.165, 1.54) is 22.3 Å². The van der Waals surface area contributed by atoms with Crippen LogP contribution in [0.5, 0.6) is 0 Å². The van der Waals surface area contributed by atoms with Crippen molar-refractivity contribution in [3.05, 3.63) is 36.3 Å². The smallest absolute Gasteiger partial charge is 0.311 e. The summed E-state index contributed by atoms with van der Waals surface area (Å²) >= 11 is 2.10. The number of esters is 1. The van der Waals surface area contributed by atoms with Gasteiger partial charge < -0.3 is 10.1 Å². The molecule has 0 radical (unpaired) electrons. The fraction of sp³-hybridized carbons (Fsp3) is 0.368. The van der Waals surface area contributed by atoms with Crippen molar-refractivity contribution in [1.82, 2.24) is 18.9 Å². The fourth-order valence-corrected chi connectivity index (χ4v) is 6.07. The predicted octanol–water partition coefficient (Wildman–Crippen LogP) is 4.52. The van der Waals surface area contributed by atoms with Crippen LogP contribution >= 0.6 is 30.3 Å². The quantitative estimate of drug-likeness (QED) is 0.375. The Morgan fingerprint density at radius 3 is 2.83 bits per heavy atom. The highest BCUT2D eigenvalue weighted by Gasteiger charge is 2.65. The summed E-state index contributed by atoms with van der Waals surface area (Å²) in [6.07, 6.45) is 6.63. The minimum Gasteiger partial charge on any atom is -0.469 e. The van der Waals surface area contributed by atoms with Crippen LogP contribution in [0.15, 0.2) is 24.7 Å². The number of fused-ring (bicyclic) bond motifs is 2. The topological polar surface area (TPSA) is 81.9 Å². The van der Waals surface area contributed by atoms with Crippen molar-refractivity contribution in [2.45, 2.75) is 31.2 Å². The maximum atomic E-state index is 14.5. The Morgan fingerprint density at radius 2 is 2.10 bits per heavy atom. The summed E-state index contributed by atoms with van der Waals surface area (Å²) < 4.78 is 35.0. The molecule has 156 valence electrons. The third kappa shape index (κ3) is 2.96. The number of nitrogens with zero attached hydrogens (tertiary/aromatic N) is 4. The number of halogens is 3. The van der Waals surface area contributed by atoms with Gasteiger partial charge in [0.25, 0.3) is 0 Å². The van der Waals surface area contributed by atoms with E-state index in [2.05, 4.69) is 41.5 Å². The summed E-state index contributed by atoms with van der Waals surface area (Å²) in [4.78, 5) is 24.7. The molecule has 3 aliphatic carbocycles. The molecule has 3 saturated carbocycles. The van der Waals surface area contributed by atoms with E-state index in [-0.39, 0.29) is 23.2 Å². The lowest BCUT2D eigenvalue weighted by Crippen LogP contribution is -2.52. The Labute approximate surface area is 186 Å². The zero-order chi connectivity index (χ0) is 21.1. The number of aromatic nitrogens is 4. The summed E-state index contributed by atoms with van der Waals surface area (Å²) in [5.74, 6) is -0.910. The third-order valence-corrected chi connectivity index (χ3v) is 7.78. The average Bonchev–Trinajstić information content (AvgIpc) is 3.38. The molecular weight excluding hydrogens is 527 g/mol. The van der Waals surface area contributed by atoms with Crippen molar-refractivity contribution in [1.29, 1.82) is 0 Å². The molecule has 0 amide bonds. The van der Waals surface area contributed by atoms with Crippen LogP contribution in [0.3, 0.4) is 0 Å². The largest absolute Gasteiger partial charge is 0.469 e. The van der Waals surface area contributed by atoms with Gasteiger partial charge in [0.15, 0.2) is 23.1 Å². The zero-order valence-corrected chi connectivity index (χ0v) is 18.8. The minimum absolute atomic E-state index is 0.0766. The van der Waals surface area contributed by atoms with Gasteiger partial charge in [-0.1, -0.05) is 0 Å². The lowest BCUT2D eigenvalue weighted by Gasteiger charge is -2.46. The van der Waals surface area contributed by atoms with Crippen LogP contribution in [0, 0.1) is 17.0 Å². The first-order chi connectivity index (χ1) is 14.4. The molecule has 2 bridgehead atoms. The molecule has 0 atom stereocenters. The monoisotopic (exact) mass is 543 g/mol. The van der Waals surface area contributed by atoms with E-state index in [0.717, 1.165) is 18.8 Å². The highest BCUT2D eigenvalue weighted by atomic mass is 127. The highest BCUT2D eigenvalue weighted by Crippen LogP contribution is 2.63. The number of pyridine rings is 1. The number of hydrogen-bond donors (Lipinski definition) is 1. The predicted molar refractivity (Wildman–Crippen MR) is 117 cm³/mol. The van der Waals surface area contributed by atoms with Gasteiger partial charge in [0.1, 0.15) is 5.82 Å². The van der Waals surface area contributed by atoms with Crippen LogP contribution in [-0.4, -0.2) is 37.5 Å². The molecule has 3 aromatic heterocycles. The maximum Gasteiger partial charge on any atom is 0.311 e. The average molecular weight is 543 g/mol. The minimum atomic E-state index is -0.577. The molecule has 7 nitrogen and oxygen atoms in total. The maximum absolute atomic E-state index is 14.5. The van der Waals surface area contributed by atoms with Gasteiger partial charge in [0, 0.05) is 53.0 Å². The van der Waals surface area contributed by atoms with E-state index >= 15 is 0 Å².